The van der Waals surface area contributed by atoms with Gasteiger partial charge in [-0.15, -0.1) is 11.3 Å². The molecule has 1 aliphatic carbocycles. The first-order chi connectivity index (χ1) is 13.6. The van der Waals surface area contributed by atoms with Crippen molar-refractivity contribution in [3.8, 4) is 0 Å². The third-order valence-corrected chi connectivity index (χ3v) is 5.23. The van der Waals surface area contributed by atoms with Crippen molar-refractivity contribution in [2.45, 2.75) is 38.1 Å². The average Bonchev–Trinajstić information content (AvgIpc) is 3.22. The number of nitrogens with zero attached hydrogens (tertiary/aromatic N) is 2. The first-order valence-corrected chi connectivity index (χ1v) is 9.99. The first kappa shape index (κ1) is 18.4. The van der Waals surface area contributed by atoms with Crippen molar-refractivity contribution in [3.05, 3.63) is 64.8 Å². The van der Waals surface area contributed by atoms with Gasteiger partial charge in [0.25, 0.3) is 5.91 Å². The maximum absolute atomic E-state index is 12.5. The van der Waals surface area contributed by atoms with Crippen LogP contribution in [0.3, 0.4) is 0 Å². The van der Waals surface area contributed by atoms with Gasteiger partial charge in [-0.1, -0.05) is 30.3 Å². The Morgan fingerprint density at radius 1 is 1.25 bits per heavy atom. The number of amides is 2. The molecule has 28 heavy (non-hydrogen) atoms. The van der Waals surface area contributed by atoms with E-state index in [1.165, 1.54) is 24.5 Å². The van der Waals surface area contributed by atoms with Crippen LogP contribution in [-0.4, -0.2) is 21.8 Å². The summed E-state index contributed by atoms with van der Waals surface area (Å²) in [6, 6.07) is 9.26. The quantitative estimate of drug-likeness (QED) is 0.635. The van der Waals surface area contributed by atoms with Gasteiger partial charge < -0.3 is 9.73 Å². The van der Waals surface area contributed by atoms with Crippen molar-refractivity contribution in [2.24, 2.45) is 0 Å². The van der Waals surface area contributed by atoms with Crippen LogP contribution in [0.5, 0.6) is 0 Å². The number of carbonyl (C=O) groups excluding carboxylic acids is 2. The van der Waals surface area contributed by atoms with Crippen molar-refractivity contribution < 1.29 is 14.0 Å². The van der Waals surface area contributed by atoms with E-state index in [2.05, 4.69) is 20.6 Å². The van der Waals surface area contributed by atoms with E-state index >= 15 is 0 Å². The molecule has 8 heteroatoms. The molecule has 0 unspecified atom stereocenters. The molecule has 1 fully saturated rings. The van der Waals surface area contributed by atoms with Crippen molar-refractivity contribution in [1.29, 1.82) is 0 Å². The summed E-state index contributed by atoms with van der Waals surface area (Å²) in [5.74, 6) is 0.257. The number of rotatable bonds is 7. The Kier molecular flexibility index (Phi) is 5.21. The lowest BCUT2D eigenvalue weighted by atomic mass is 10.1. The lowest BCUT2D eigenvalue weighted by Crippen LogP contribution is -2.28. The number of nitrogens with one attached hydrogen (secondary N) is 2. The largest absolute Gasteiger partial charge is 0.446 e. The molecule has 0 aliphatic heterocycles. The average molecular weight is 396 g/mol. The van der Waals surface area contributed by atoms with Gasteiger partial charge in [0.1, 0.15) is 12.3 Å². The monoisotopic (exact) mass is 396 g/mol. The van der Waals surface area contributed by atoms with Crippen LogP contribution in [0.1, 0.15) is 59.4 Å². The number of benzene rings is 1. The number of hydrogen-bond donors (Lipinski definition) is 2. The minimum atomic E-state index is -0.456. The number of thiazole rings is 1. The zero-order valence-electron chi connectivity index (χ0n) is 15.3. The predicted octanol–water partition coefficient (Wildman–Crippen LogP) is 3.68. The molecule has 1 aromatic carbocycles. The lowest BCUT2D eigenvalue weighted by molar-refractivity contribution is -0.119. The molecule has 0 saturated heterocycles. The zero-order valence-corrected chi connectivity index (χ0v) is 16.2. The summed E-state index contributed by atoms with van der Waals surface area (Å²) in [6.45, 7) is 1.44. The van der Waals surface area contributed by atoms with E-state index in [0.717, 1.165) is 24.1 Å². The van der Waals surface area contributed by atoms with Crippen LogP contribution in [0.15, 0.2) is 46.4 Å². The van der Waals surface area contributed by atoms with E-state index < -0.39 is 6.04 Å². The van der Waals surface area contributed by atoms with Gasteiger partial charge in [0.2, 0.25) is 11.8 Å². The zero-order chi connectivity index (χ0) is 19.5. The molecule has 1 atom stereocenters. The molecule has 1 saturated carbocycles. The van der Waals surface area contributed by atoms with Gasteiger partial charge in [0.15, 0.2) is 10.8 Å². The fourth-order valence-electron chi connectivity index (χ4n) is 2.92. The third-order valence-electron chi connectivity index (χ3n) is 4.45. The highest BCUT2D eigenvalue weighted by molar-refractivity contribution is 7.14. The molecule has 0 radical (unpaired) electrons. The highest BCUT2D eigenvalue weighted by Gasteiger charge is 2.27. The van der Waals surface area contributed by atoms with Gasteiger partial charge in [-0.3, -0.25) is 14.9 Å². The summed E-state index contributed by atoms with van der Waals surface area (Å²) in [5.41, 5.74) is 2.22. The smallest absolute Gasteiger partial charge is 0.279 e. The summed E-state index contributed by atoms with van der Waals surface area (Å²) in [4.78, 5) is 32.8. The fourth-order valence-corrected chi connectivity index (χ4v) is 3.71. The van der Waals surface area contributed by atoms with E-state index in [1.54, 1.807) is 0 Å². The standard InChI is InChI=1S/C20H20N4O3S/c1-12(25)21-15(9-13-5-3-2-4-6-13)19-22-16(10-27-19)18(26)24-20-23-17(11-28-20)14-7-8-14/h2-6,10-11,14-15H,7-9H2,1H3,(H,21,25)(H,23,24,26)/t15-/m1/s1. The van der Waals surface area contributed by atoms with Gasteiger partial charge >= 0.3 is 0 Å². The van der Waals surface area contributed by atoms with E-state index in [9.17, 15) is 9.59 Å². The normalized spacial score (nSPS) is 14.5. The molecule has 1 aliphatic rings. The summed E-state index contributed by atoms with van der Waals surface area (Å²) in [5, 5.41) is 8.13. The molecule has 2 heterocycles. The van der Waals surface area contributed by atoms with Crippen molar-refractivity contribution in [1.82, 2.24) is 15.3 Å². The van der Waals surface area contributed by atoms with Gasteiger partial charge in [-0.25, -0.2) is 9.97 Å². The Morgan fingerprint density at radius 2 is 2.04 bits per heavy atom. The Bertz CT molecular complexity index is 978. The molecule has 3 aromatic rings. The Hall–Kier alpha value is -3.00. The highest BCUT2D eigenvalue weighted by atomic mass is 32.1. The number of anilines is 1. The van der Waals surface area contributed by atoms with Gasteiger partial charge in [0.05, 0.1) is 5.69 Å². The molecule has 0 bridgehead atoms. The molecule has 2 amide bonds. The van der Waals surface area contributed by atoms with E-state index in [-0.39, 0.29) is 17.5 Å². The van der Waals surface area contributed by atoms with Crippen LogP contribution >= 0.6 is 11.3 Å². The fraction of sp³-hybridized carbons (Fsp3) is 0.300. The summed E-state index contributed by atoms with van der Waals surface area (Å²) < 4.78 is 5.51. The molecule has 2 N–H and O–H groups in total. The van der Waals surface area contributed by atoms with Crippen LogP contribution in [0.2, 0.25) is 0 Å². The van der Waals surface area contributed by atoms with Crippen molar-refractivity contribution in [3.63, 3.8) is 0 Å². The summed E-state index contributed by atoms with van der Waals surface area (Å²) in [7, 11) is 0. The maximum atomic E-state index is 12.5. The first-order valence-electron chi connectivity index (χ1n) is 9.11. The minimum absolute atomic E-state index is 0.154. The topological polar surface area (TPSA) is 97.1 Å². The van der Waals surface area contributed by atoms with E-state index in [0.29, 0.717) is 23.4 Å². The second-order valence-electron chi connectivity index (χ2n) is 6.82. The Labute approximate surface area is 166 Å². The van der Waals surface area contributed by atoms with Crippen LogP contribution in [0, 0.1) is 0 Å². The van der Waals surface area contributed by atoms with Crippen LogP contribution in [-0.2, 0) is 11.2 Å². The minimum Gasteiger partial charge on any atom is -0.446 e. The van der Waals surface area contributed by atoms with Gasteiger partial charge in [0, 0.05) is 24.6 Å². The van der Waals surface area contributed by atoms with Crippen molar-refractivity contribution in [2.75, 3.05) is 5.32 Å². The number of aromatic nitrogens is 2. The van der Waals surface area contributed by atoms with Gasteiger partial charge in [-0.05, 0) is 18.4 Å². The van der Waals surface area contributed by atoms with E-state index in [4.69, 9.17) is 4.42 Å². The number of hydrogen-bond acceptors (Lipinski definition) is 6. The molecule has 2 aromatic heterocycles. The highest BCUT2D eigenvalue weighted by Crippen LogP contribution is 2.40. The predicted molar refractivity (Wildman–Crippen MR) is 105 cm³/mol. The molecule has 0 spiro atoms. The second-order valence-corrected chi connectivity index (χ2v) is 7.68. The number of carbonyl (C=O) groups is 2. The summed E-state index contributed by atoms with van der Waals surface area (Å²) in [6.07, 6.45) is 4.14. The Morgan fingerprint density at radius 3 is 2.75 bits per heavy atom. The van der Waals surface area contributed by atoms with Crippen LogP contribution in [0.4, 0.5) is 5.13 Å². The molecule has 144 valence electrons. The molecule has 7 nitrogen and oxygen atoms in total. The molecular weight excluding hydrogens is 376 g/mol. The maximum Gasteiger partial charge on any atom is 0.279 e. The van der Waals surface area contributed by atoms with Crippen LogP contribution < -0.4 is 10.6 Å². The molecule has 4 rings (SSSR count). The Balaban J connectivity index is 1.46. The van der Waals surface area contributed by atoms with E-state index in [1.807, 2.05) is 35.7 Å². The summed E-state index contributed by atoms with van der Waals surface area (Å²) >= 11 is 1.41. The van der Waals surface area contributed by atoms with Crippen LogP contribution in [0.25, 0.3) is 0 Å². The second kappa shape index (κ2) is 7.93. The SMILES string of the molecule is CC(=O)N[C@H](Cc1ccccc1)c1nc(C(=O)Nc2nc(C3CC3)cs2)co1. The number of oxazole rings is 1. The third kappa shape index (κ3) is 4.45. The lowest BCUT2D eigenvalue weighted by Gasteiger charge is -2.14. The van der Waals surface area contributed by atoms with Crippen molar-refractivity contribution >= 4 is 28.3 Å². The van der Waals surface area contributed by atoms with Gasteiger partial charge in [-0.2, -0.15) is 0 Å². The molecular formula is C20H20N4O3S.